The molecule has 0 bridgehead atoms. The predicted octanol–water partition coefficient (Wildman–Crippen LogP) is 2.25. The Morgan fingerprint density at radius 1 is 1.35 bits per heavy atom. The molecule has 0 fully saturated rings. The molecule has 1 atom stereocenters. The highest BCUT2D eigenvalue weighted by Gasteiger charge is 2.28. The van der Waals surface area contributed by atoms with Crippen molar-refractivity contribution < 1.29 is 9.53 Å². The van der Waals surface area contributed by atoms with Crippen molar-refractivity contribution in [3.8, 4) is 5.75 Å². The first kappa shape index (κ1) is 17.0. The maximum Gasteiger partial charge on any atom is 0.322 e. The van der Waals surface area contributed by atoms with E-state index in [1.165, 1.54) is 4.80 Å². The second kappa shape index (κ2) is 7.04. The molecule has 1 N–H and O–H groups in total. The number of nitrogens with zero attached hydrogens (tertiary/aromatic N) is 6. The fourth-order valence-corrected chi connectivity index (χ4v) is 3.42. The number of anilines is 1. The maximum absolute atomic E-state index is 12.7. The molecule has 0 aliphatic carbocycles. The van der Waals surface area contributed by atoms with E-state index < -0.39 is 0 Å². The summed E-state index contributed by atoms with van der Waals surface area (Å²) in [6.45, 7) is 0.824. The first-order valence-corrected chi connectivity index (χ1v) is 8.94. The number of rotatable bonds is 2. The topological polar surface area (TPSA) is 97.5 Å². The van der Waals surface area contributed by atoms with Gasteiger partial charge < -0.3 is 10.1 Å². The van der Waals surface area contributed by atoms with Gasteiger partial charge in [-0.05, 0) is 15.9 Å². The van der Waals surface area contributed by atoms with E-state index in [1.54, 1.807) is 35.9 Å². The molecule has 2 aliphatic heterocycles. The van der Waals surface area contributed by atoms with Crippen molar-refractivity contribution in [3.05, 3.63) is 34.3 Å². The number of pyridine rings is 1. The Morgan fingerprint density at radius 2 is 2.15 bits per heavy atom. The Balaban J connectivity index is 1.48. The number of hydrogen-bond acceptors (Lipinski definition) is 6. The molecule has 2 aromatic heterocycles. The van der Waals surface area contributed by atoms with Gasteiger partial charge in [0.1, 0.15) is 12.3 Å². The van der Waals surface area contributed by atoms with Gasteiger partial charge in [-0.2, -0.15) is 10.2 Å². The molecule has 4 heterocycles. The van der Waals surface area contributed by atoms with Gasteiger partial charge in [-0.1, -0.05) is 11.6 Å². The Bertz CT molecular complexity index is 899. The summed E-state index contributed by atoms with van der Waals surface area (Å²) >= 11 is 9.69. The lowest BCUT2D eigenvalue weighted by molar-refractivity contribution is 0.238. The fraction of sp³-hybridized carbons (Fsp3) is 0.267. The zero-order chi connectivity index (χ0) is 18.1. The molecule has 2 aromatic rings. The van der Waals surface area contributed by atoms with Gasteiger partial charge in [0.15, 0.2) is 11.6 Å². The summed E-state index contributed by atoms with van der Waals surface area (Å²) in [5, 5.41) is 11.4. The van der Waals surface area contributed by atoms with E-state index in [-0.39, 0.29) is 12.1 Å². The van der Waals surface area contributed by atoms with Gasteiger partial charge in [-0.25, -0.2) is 9.79 Å². The average molecular weight is 439 g/mol. The Labute approximate surface area is 161 Å². The number of halogens is 2. The van der Waals surface area contributed by atoms with Crippen molar-refractivity contribution in [2.45, 2.75) is 12.5 Å². The van der Waals surface area contributed by atoms with Gasteiger partial charge >= 0.3 is 6.03 Å². The average Bonchev–Trinajstić information content (AvgIpc) is 3.16. The van der Waals surface area contributed by atoms with Crippen LogP contribution >= 0.6 is 27.5 Å². The first-order chi connectivity index (χ1) is 12.6. The molecule has 9 nitrogen and oxygen atoms in total. The van der Waals surface area contributed by atoms with Crippen molar-refractivity contribution in [1.82, 2.24) is 25.3 Å². The molecule has 11 heteroatoms. The van der Waals surface area contributed by atoms with Gasteiger partial charge in [-0.15, -0.1) is 4.80 Å². The van der Waals surface area contributed by atoms with E-state index in [2.05, 4.69) is 41.4 Å². The van der Waals surface area contributed by atoms with Crippen LogP contribution in [0.15, 0.2) is 39.3 Å². The van der Waals surface area contributed by atoms with Gasteiger partial charge in [-0.3, -0.25) is 9.88 Å². The molecule has 134 valence electrons. The highest BCUT2D eigenvalue weighted by atomic mass is 79.9. The lowest BCUT2D eigenvalue weighted by Crippen LogP contribution is -2.49. The molecular formula is C15H13BrClN7O2. The molecule has 2 amide bonds. The quantitative estimate of drug-likeness (QED) is 0.775. The van der Waals surface area contributed by atoms with Gasteiger partial charge in [0.05, 0.1) is 40.7 Å². The summed E-state index contributed by atoms with van der Waals surface area (Å²) in [7, 11) is 0. The van der Waals surface area contributed by atoms with Gasteiger partial charge in [0.2, 0.25) is 0 Å². The highest BCUT2D eigenvalue weighted by Crippen LogP contribution is 2.37. The number of aromatic nitrogens is 4. The molecule has 0 saturated carbocycles. The monoisotopic (exact) mass is 437 g/mol. The minimum Gasteiger partial charge on any atom is -0.488 e. The third-order valence-electron chi connectivity index (χ3n) is 3.87. The summed E-state index contributed by atoms with van der Waals surface area (Å²) in [6, 6.07) is -0.600. The standard InChI is InChI=1S/C15H13BrClN7O2/c16-10-7-18-8-12-13(10)26-4-3-23(12)15(25)22-9-5-11(17)14(19-6-9)24-20-1-2-21-24/h1-2,6-9H,3-5H2,(H,22,25). The lowest BCUT2D eigenvalue weighted by atomic mass is 10.2. The second-order valence-corrected chi connectivity index (χ2v) is 6.87. The zero-order valence-electron chi connectivity index (χ0n) is 13.3. The number of carbonyl (C=O) groups excluding carboxylic acids is 1. The Hall–Kier alpha value is -2.46. The normalized spacial score (nSPS) is 19.2. The SMILES string of the molecule is O=C(NC1C=NC(n2nccn2)=C(Cl)C1)N1CCOc2c(Br)cncc21. The summed E-state index contributed by atoms with van der Waals surface area (Å²) in [6.07, 6.45) is 8.35. The van der Waals surface area contributed by atoms with E-state index >= 15 is 0 Å². The number of nitrogens with one attached hydrogen (secondary N) is 1. The summed E-state index contributed by atoms with van der Waals surface area (Å²) < 4.78 is 6.32. The number of fused-ring (bicyclic) bond motifs is 1. The lowest BCUT2D eigenvalue weighted by Gasteiger charge is -2.31. The summed E-state index contributed by atoms with van der Waals surface area (Å²) in [5.41, 5.74) is 0.610. The molecule has 4 rings (SSSR count). The smallest absolute Gasteiger partial charge is 0.322 e. The summed E-state index contributed by atoms with van der Waals surface area (Å²) in [4.78, 5) is 24.0. The molecule has 0 spiro atoms. The van der Waals surface area contributed by atoms with Gasteiger partial charge in [0.25, 0.3) is 0 Å². The van der Waals surface area contributed by atoms with Crippen molar-refractivity contribution in [1.29, 1.82) is 0 Å². The molecule has 0 saturated heterocycles. The second-order valence-electron chi connectivity index (χ2n) is 5.55. The molecule has 2 aliphatic rings. The third kappa shape index (κ3) is 3.17. The minimum atomic E-state index is -0.333. The first-order valence-electron chi connectivity index (χ1n) is 7.77. The third-order valence-corrected chi connectivity index (χ3v) is 4.76. The van der Waals surface area contributed by atoms with Crippen LogP contribution < -0.4 is 15.0 Å². The van der Waals surface area contributed by atoms with Crippen LogP contribution in [-0.2, 0) is 0 Å². The predicted molar refractivity (Wildman–Crippen MR) is 99.3 cm³/mol. The Kier molecular flexibility index (Phi) is 4.60. The van der Waals surface area contributed by atoms with E-state index in [9.17, 15) is 4.79 Å². The van der Waals surface area contributed by atoms with Crippen LogP contribution in [0.2, 0.25) is 0 Å². The van der Waals surface area contributed by atoms with Crippen molar-refractivity contribution >= 4 is 51.3 Å². The number of amides is 2. The van der Waals surface area contributed by atoms with Crippen LogP contribution in [0.3, 0.4) is 0 Å². The van der Waals surface area contributed by atoms with Crippen LogP contribution in [0.4, 0.5) is 10.5 Å². The molecule has 0 aromatic carbocycles. The minimum absolute atomic E-state index is 0.268. The number of ether oxygens (including phenoxy) is 1. The Morgan fingerprint density at radius 3 is 2.92 bits per heavy atom. The number of carbonyl (C=O) groups is 1. The van der Waals surface area contributed by atoms with Crippen molar-refractivity contribution in [3.63, 3.8) is 0 Å². The van der Waals surface area contributed by atoms with Crippen LogP contribution in [0.25, 0.3) is 5.82 Å². The van der Waals surface area contributed by atoms with Crippen molar-refractivity contribution in [2.24, 2.45) is 4.99 Å². The van der Waals surface area contributed by atoms with E-state index in [4.69, 9.17) is 16.3 Å². The highest BCUT2D eigenvalue weighted by molar-refractivity contribution is 9.10. The van der Waals surface area contributed by atoms with E-state index in [1.807, 2.05) is 0 Å². The van der Waals surface area contributed by atoms with Crippen LogP contribution in [0.1, 0.15) is 6.42 Å². The molecule has 26 heavy (non-hydrogen) atoms. The number of aliphatic imine (C=N–C) groups is 1. The maximum atomic E-state index is 12.7. The molecule has 0 radical (unpaired) electrons. The fourth-order valence-electron chi connectivity index (χ4n) is 2.70. The number of hydrogen-bond donors (Lipinski definition) is 1. The van der Waals surface area contributed by atoms with Gasteiger partial charge in [0, 0.05) is 18.8 Å². The van der Waals surface area contributed by atoms with E-state index in [0.29, 0.717) is 46.3 Å². The van der Waals surface area contributed by atoms with Crippen molar-refractivity contribution in [2.75, 3.05) is 18.1 Å². The van der Waals surface area contributed by atoms with Crippen LogP contribution in [-0.4, -0.2) is 51.4 Å². The van der Waals surface area contributed by atoms with E-state index in [0.717, 1.165) is 0 Å². The largest absolute Gasteiger partial charge is 0.488 e. The van der Waals surface area contributed by atoms with Crippen LogP contribution in [0, 0.1) is 0 Å². The molecular weight excluding hydrogens is 426 g/mol. The van der Waals surface area contributed by atoms with Crippen LogP contribution in [0.5, 0.6) is 5.75 Å². The molecule has 1 unspecified atom stereocenters. The number of urea groups is 1. The summed E-state index contributed by atoms with van der Waals surface area (Å²) in [5.74, 6) is 1.05. The zero-order valence-corrected chi connectivity index (χ0v) is 15.7.